The van der Waals surface area contributed by atoms with Gasteiger partial charge in [-0.2, -0.15) is 5.26 Å². The van der Waals surface area contributed by atoms with Crippen LogP contribution in [0.1, 0.15) is 38.5 Å². The molecule has 0 aromatic heterocycles. The Labute approximate surface area is 101 Å². The molecule has 1 aliphatic carbocycles. The van der Waals surface area contributed by atoms with Gasteiger partial charge >= 0.3 is 0 Å². The minimum atomic E-state index is -0.379. The number of nitrogens with one attached hydrogen (secondary N) is 3. The fraction of sp³-hybridized carbons (Fsp3) is 0.700. The van der Waals surface area contributed by atoms with E-state index in [-0.39, 0.29) is 12.3 Å². The second kappa shape index (κ2) is 7.01. The quantitative estimate of drug-likeness (QED) is 0.490. The van der Waals surface area contributed by atoms with E-state index in [1.807, 2.05) is 0 Å². The van der Waals surface area contributed by atoms with Crippen LogP contribution in [0.3, 0.4) is 0 Å². The van der Waals surface area contributed by atoms with Crippen LogP contribution in [0, 0.1) is 11.3 Å². The molecule has 1 fully saturated rings. The van der Waals surface area contributed by atoms with Gasteiger partial charge in [-0.3, -0.25) is 15.6 Å². The lowest BCUT2D eigenvalue weighted by molar-refractivity contribution is -0.120. The van der Waals surface area contributed by atoms with Gasteiger partial charge in [-0.15, -0.1) is 0 Å². The lowest BCUT2D eigenvalue weighted by Crippen LogP contribution is -2.49. The molecule has 1 aliphatic rings. The van der Waals surface area contributed by atoms with Gasteiger partial charge < -0.3 is 5.32 Å². The number of hydrogen-bond donors (Lipinski definition) is 3. The van der Waals surface area contributed by atoms with Crippen LogP contribution in [-0.4, -0.2) is 17.1 Å². The summed E-state index contributed by atoms with van der Waals surface area (Å²) in [5, 5.41) is 11.8. The summed E-state index contributed by atoms with van der Waals surface area (Å²) >= 11 is 5.02. The molecule has 0 atom stereocenters. The molecule has 1 rings (SSSR count). The smallest absolute Gasteiger partial charge is 0.252 e. The zero-order valence-corrected chi connectivity index (χ0v) is 9.90. The van der Waals surface area contributed by atoms with Gasteiger partial charge in [0.05, 0.1) is 6.07 Å². The first-order chi connectivity index (χ1) is 7.72. The Bertz CT molecular complexity index is 294. The van der Waals surface area contributed by atoms with Crippen LogP contribution >= 0.6 is 12.2 Å². The first kappa shape index (κ1) is 12.7. The van der Waals surface area contributed by atoms with E-state index >= 15 is 0 Å². The molecule has 1 saturated carbocycles. The fourth-order valence-corrected chi connectivity index (χ4v) is 1.93. The zero-order valence-electron chi connectivity index (χ0n) is 9.08. The Morgan fingerprint density at radius 2 is 2.00 bits per heavy atom. The van der Waals surface area contributed by atoms with E-state index in [0.29, 0.717) is 11.2 Å². The fourth-order valence-electron chi connectivity index (χ4n) is 1.71. The average molecular weight is 240 g/mol. The van der Waals surface area contributed by atoms with Gasteiger partial charge in [-0.05, 0) is 25.1 Å². The average Bonchev–Trinajstić information content (AvgIpc) is 2.28. The van der Waals surface area contributed by atoms with Gasteiger partial charge in [0.2, 0.25) is 0 Å². The molecule has 88 valence electrons. The third-order valence-corrected chi connectivity index (χ3v) is 2.72. The van der Waals surface area contributed by atoms with Crippen LogP contribution in [0.15, 0.2) is 0 Å². The maximum Gasteiger partial charge on any atom is 0.252 e. The molecule has 0 saturated heterocycles. The number of carbonyl (C=O) groups excluding carboxylic acids is 1. The minimum absolute atomic E-state index is 0.168. The molecule has 0 radical (unpaired) electrons. The molecular formula is C10H16N4OS. The number of nitrogens with zero attached hydrogens (tertiary/aromatic N) is 1. The molecule has 0 heterocycles. The number of carbonyl (C=O) groups is 1. The summed E-state index contributed by atoms with van der Waals surface area (Å²) in [6.45, 7) is 0. The summed E-state index contributed by atoms with van der Waals surface area (Å²) in [7, 11) is 0. The van der Waals surface area contributed by atoms with Gasteiger partial charge in [0.1, 0.15) is 6.42 Å². The van der Waals surface area contributed by atoms with Gasteiger partial charge in [0.25, 0.3) is 5.91 Å². The third-order valence-electron chi connectivity index (χ3n) is 2.50. The van der Waals surface area contributed by atoms with Crippen molar-refractivity contribution in [2.45, 2.75) is 44.6 Å². The van der Waals surface area contributed by atoms with E-state index in [0.717, 1.165) is 12.8 Å². The van der Waals surface area contributed by atoms with Crippen molar-refractivity contribution in [2.24, 2.45) is 0 Å². The highest BCUT2D eigenvalue weighted by Gasteiger charge is 2.13. The highest BCUT2D eigenvalue weighted by molar-refractivity contribution is 7.80. The maximum absolute atomic E-state index is 11.0. The molecule has 0 unspecified atom stereocenters. The minimum Gasteiger partial charge on any atom is -0.359 e. The predicted octanol–water partition coefficient (Wildman–Crippen LogP) is 0.728. The Kier molecular flexibility index (Phi) is 5.57. The van der Waals surface area contributed by atoms with Crippen LogP contribution in [-0.2, 0) is 4.79 Å². The summed E-state index contributed by atoms with van der Waals surface area (Å²) in [5.41, 5.74) is 4.94. The molecule has 0 aromatic carbocycles. The molecule has 16 heavy (non-hydrogen) atoms. The lowest BCUT2D eigenvalue weighted by Gasteiger charge is -2.24. The van der Waals surface area contributed by atoms with Crippen LogP contribution in [0.5, 0.6) is 0 Å². The molecular weight excluding hydrogens is 224 g/mol. The van der Waals surface area contributed by atoms with Crippen molar-refractivity contribution < 1.29 is 4.79 Å². The molecule has 1 amide bonds. The highest BCUT2D eigenvalue weighted by Crippen LogP contribution is 2.16. The maximum atomic E-state index is 11.0. The highest BCUT2D eigenvalue weighted by atomic mass is 32.1. The standard InChI is InChI=1S/C10H16N4OS/c11-7-6-9(15)13-14-10(16)12-8-4-2-1-3-5-8/h8H,1-6H2,(H,13,15)(H2,12,14,16). The van der Waals surface area contributed by atoms with Gasteiger partial charge in [0, 0.05) is 6.04 Å². The van der Waals surface area contributed by atoms with Crippen LogP contribution < -0.4 is 16.2 Å². The Morgan fingerprint density at radius 1 is 1.31 bits per heavy atom. The Balaban J connectivity index is 2.15. The van der Waals surface area contributed by atoms with Crippen molar-refractivity contribution >= 4 is 23.2 Å². The third kappa shape index (κ3) is 4.94. The predicted molar refractivity (Wildman–Crippen MR) is 64.1 cm³/mol. The van der Waals surface area contributed by atoms with E-state index in [1.165, 1.54) is 19.3 Å². The van der Waals surface area contributed by atoms with E-state index < -0.39 is 0 Å². The summed E-state index contributed by atoms with van der Waals surface area (Å²) in [5.74, 6) is -0.379. The first-order valence-electron chi connectivity index (χ1n) is 5.44. The normalized spacial score (nSPS) is 15.9. The van der Waals surface area contributed by atoms with Crippen LogP contribution in [0.2, 0.25) is 0 Å². The molecule has 3 N–H and O–H groups in total. The SMILES string of the molecule is N#CCC(=O)NNC(=S)NC1CCCCC1. The summed E-state index contributed by atoms with van der Waals surface area (Å²) in [4.78, 5) is 11.0. The Morgan fingerprint density at radius 3 is 2.62 bits per heavy atom. The van der Waals surface area contributed by atoms with E-state index in [2.05, 4.69) is 16.2 Å². The zero-order chi connectivity index (χ0) is 11.8. The number of hydrogen-bond acceptors (Lipinski definition) is 3. The van der Waals surface area contributed by atoms with E-state index in [4.69, 9.17) is 17.5 Å². The number of nitriles is 1. The first-order valence-corrected chi connectivity index (χ1v) is 5.85. The Hall–Kier alpha value is -1.35. The summed E-state index contributed by atoms with van der Waals surface area (Å²) in [6, 6.07) is 2.16. The van der Waals surface area contributed by atoms with Crippen molar-refractivity contribution in [1.82, 2.24) is 16.2 Å². The van der Waals surface area contributed by atoms with E-state index in [1.54, 1.807) is 6.07 Å². The van der Waals surface area contributed by atoms with Crippen molar-refractivity contribution in [2.75, 3.05) is 0 Å². The molecule has 6 heteroatoms. The van der Waals surface area contributed by atoms with Gasteiger partial charge in [-0.1, -0.05) is 19.3 Å². The molecule has 0 aromatic rings. The molecule has 0 bridgehead atoms. The molecule has 0 aliphatic heterocycles. The van der Waals surface area contributed by atoms with Crippen molar-refractivity contribution in [1.29, 1.82) is 5.26 Å². The molecule has 0 spiro atoms. The van der Waals surface area contributed by atoms with Crippen LogP contribution in [0.4, 0.5) is 0 Å². The number of hydrazine groups is 1. The van der Waals surface area contributed by atoms with Crippen molar-refractivity contribution in [3.63, 3.8) is 0 Å². The molecule has 5 nitrogen and oxygen atoms in total. The second-order valence-electron chi connectivity index (χ2n) is 3.82. The number of rotatable bonds is 2. The lowest BCUT2D eigenvalue weighted by atomic mass is 9.96. The van der Waals surface area contributed by atoms with Crippen molar-refractivity contribution in [3.8, 4) is 6.07 Å². The number of thiocarbonyl (C=S) groups is 1. The van der Waals surface area contributed by atoms with Gasteiger partial charge in [0.15, 0.2) is 5.11 Å². The summed E-state index contributed by atoms with van der Waals surface area (Å²) < 4.78 is 0. The topological polar surface area (TPSA) is 77.0 Å². The number of amides is 1. The largest absolute Gasteiger partial charge is 0.359 e. The van der Waals surface area contributed by atoms with Gasteiger partial charge in [-0.25, -0.2) is 0 Å². The second-order valence-corrected chi connectivity index (χ2v) is 4.22. The van der Waals surface area contributed by atoms with Crippen molar-refractivity contribution in [3.05, 3.63) is 0 Å². The monoisotopic (exact) mass is 240 g/mol. The summed E-state index contributed by atoms with van der Waals surface area (Å²) in [6.07, 6.45) is 5.81. The van der Waals surface area contributed by atoms with Crippen LogP contribution in [0.25, 0.3) is 0 Å². The van der Waals surface area contributed by atoms with E-state index in [9.17, 15) is 4.79 Å².